The van der Waals surface area contributed by atoms with Crippen LogP contribution in [-0.4, -0.2) is 13.7 Å². The van der Waals surface area contributed by atoms with Crippen LogP contribution in [0.1, 0.15) is 30.0 Å². The molecule has 0 fully saturated rings. The smallest absolute Gasteiger partial charge is 0.133 e. The first-order chi connectivity index (χ1) is 9.15. The second-order valence-electron chi connectivity index (χ2n) is 4.29. The van der Waals surface area contributed by atoms with Crippen molar-refractivity contribution in [2.24, 2.45) is 0 Å². The van der Waals surface area contributed by atoms with Crippen molar-refractivity contribution in [3.8, 4) is 5.75 Å². The molecular weight excluding hydrogens is 306 g/mol. The van der Waals surface area contributed by atoms with Crippen LogP contribution in [0, 0.1) is 6.92 Å². The molecule has 0 aliphatic carbocycles. The molecule has 0 radical (unpaired) electrons. The molecule has 2 rings (SSSR count). The average molecular weight is 324 g/mol. The number of halogens is 1. The van der Waals surface area contributed by atoms with Crippen molar-refractivity contribution in [1.82, 2.24) is 5.32 Å². The highest BCUT2D eigenvalue weighted by molar-refractivity contribution is 9.10. The minimum Gasteiger partial charge on any atom is -0.493 e. The number of hydrogen-bond donors (Lipinski definition) is 1. The van der Waals surface area contributed by atoms with Crippen LogP contribution >= 0.6 is 15.9 Å². The van der Waals surface area contributed by atoms with E-state index in [0.717, 1.165) is 27.3 Å². The van der Waals surface area contributed by atoms with Gasteiger partial charge in [-0.2, -0.15) is 0 Å². The summed E-state index contributed by atoms with van der Waals surface area (Å²) in [6.07, 6.45) is 0. The summed E-state index contributed by atoms with van der Waals surface area (Å²) in [6, 6.07) is 10.1. The first-order valence-electron chi connectivity index (χ1n) is 6.31. The molecule has 0 amide bonds. The van der Waals surface area contributed by atoms with E-state index in [0.29, 0.717) is 6.61 Å². The number of furan rings is 1. The Balaban J connectivity index is 2.31. The topological polar surface area (TPSA) is 34.4 Å². The average Bonchev–Trinajstić information content (AvgIpc) is 2.80. The Hall–Kier alpha value is -1.26. The maximum atomic E-state index is 5.70. The van der Waals surface area contributed by atoms with Gasteiger partial charge < -0.3 is 14.5 Å². The van der Waals surface area contributed by atoms with E-state index in [1.54, 1.807) is 0 Å². The molecule has 102 valence electrons. The molecule has 4 heteroatoms. The van der Waals surface area contributed by atoms with Crippen LogP contribution in [0.25, 0.3) is 0 Å². The molecule has 1 N–H and O–H groups in total. The molecule has 2 aromatic rings. The molecule has 19 heavy (non-hydrogen) atoms. The molecule has 1 unspecified atom stereocenters. The third-order valence-electron chi connectivity index (χ3n) is 2.92. The van der Waals surface area contributed by atoms with Crippen LogP contribution in [0.2, 0.25) is 0 Å². The van der Waals surface area contributed by atoms with Gasteiger partial charge in [0.05, 0.1) is 17.1 Å². The van der Waals surface area contributed by atoms with Crippen molar-refractivity contribution >= 4 is 15.9 Å². The molecule has 0 saturated heterocycles. The molecule has 1 aromatic heterocycles. The Morgan fingerprint density at radius 1 is 1.32 bits per heavy atom. The summed E-state index contributed by atoms with van der Waals surface area (Å²) in [7, 11) is 1.92. The van der Waals surface area contributed by atoms with Gasteiger partial charge >= 0.3 is 0 Å². The SMILES string of the molecule is CCOc1ccc(C(NC)c2ccc(C)o2)cc1Br. The molecular formula is C15H18BrNO2. The van der Waals surface area contributed by atoms with Gasteiger partial charge in [0.15, 0.2) is 0 Å². The van der Waals surface area contributed by atoms with E-state index < -0.39 is 0 Å². The molecule has 3 nitrogen and oxygen atoms in total. The van der Waals surface area contributed by atoms with Crippen molar-refractivity contribution in [3.05, 3.63) is 51.9 Å². The fourth-order valence-electron chi connectivity index (χ4n) is 2.05. The normalized spacial score (nSPS) is 12.4. The quantitative estimate of drug-likeness (QED) is 0.901. The highest BCUT2D eigenvalue weighted by Gasteiger charge is 2.16. The highest BCUT2D eigenvalue weighted by Crippen LogP contribution is 2.31. The van der Waals surface area contributed by atoms with Crippen LogP contribution in [0.5, 0.6) is 5.75 Å². The largest absolute Gasteiger partial charge is 0.493 e. The van der Waals surface area contributed by atoms with Gasteiger partial charge in [0.25, 0.3) is 0 Å². The Morgan fingerprint density at radius 2 is 2.11 bits per heavy atom. The molecule has 0 aliphatic heterocycles. The summed E-state index contributed by atoms with van der Waals surface area (Å²) in [5.41, 5.74) is 1.13. The van der Waals surface area contributed by atoms with E-state index >= 15 is 0 Å². The van der Waals surface area contributed by atoms with Gasteiger partial charge in [-0.05, 0) is 66.7 Å². The molecule has 1 heterocycles. The number of rotatable bonds is 5. The Morgan fingerprint density at radius 3 is 2.63 bits per heavy atom. The first-order valence-corrected chi connectivity index (χ1v) is 7.10. The standard InChI is InChI=1S/C15H18BrNO2/c1-4-18-13-8-6-11(9-12(13)16)15(17-3)14-7-5-10(2)19-14/h5-9,15,17H,4H2,1-3H3. The van der Waals surface area contributed by atoms with Crippen molar-refractivity contribution in [1.29, 1.82) is 0 Å². The maximum absolute atomic E-state index is 5.70. The van der Waals surface area contributed by atoms with E-state index in [4.69, 9.17) is 9.15 Å². The Labute approximate surface area is 122 Å². The second-order valence-corrected chi connectivity index (χ2v) is 5.15. The van der Waals surface area contributed by atoms with Gasteiger partial charge in [-0.3, -0.25) is 0 Å². The third-order valence-corrected chi connectivity index (χ3v) is 3.54. The predicted molar refractivity (Wildman–Crippen MR) is 79.7 cm³/mol. The zero-order valence-electron chi connectivity index (χ0n) is 11.4. The Kier molecular flexibility index (Phi) is 4.66. The second kappa shape index (κ2) is 6.26. The lowest BCUT2D eigenvalue weighted by Crippen LogP contribution is -2.17. The fraction of sp³-hybridized carbons (Fsp3) is 0.333. The number of aryl methyl sites for hydroxylation is 1. The summed E-state index contributed by atoms with van der Waals surface area (Å²) < 4.78 is 12.2. The predicted octanol–water partition coefficient (Wildman–Crippen LogP) is 4.06. The van der Waals surface area contributed by atoms with Crippen LogP contribution in [0.4, 0.5) is 0 Å². The van der Waals surface area contributed by atoms with Gasteiger partial charge in [-0.15, -0.1) is 0 Å². The summed E-state index contributed by atoms with van der Waals surface area (Å²) in [4.78, 5) is 0. The maximum Gasteiger partial charge on any atom is 0.133 e. The summed E-state index contributed by atoms with van der Waals surface area (Å²) in [5, 5.41) is 3.27. The van der Waals surface area contributed by atoms with Crippen molar-refractivity contribution in [2.75, 3.05) is 13.7 Å². The first kappa shape index (κ1) is 14.2. The minimum atomic E-state index is 0.0423. The highest BCUT2D eigenvalue weighted by atomic mass is 79.9. The number of ether oxygens (including phenoxy) is 1. The van der Waals surface area contributed by atoms with Crippen molar-refractivity contribution < 1.29 is 9.15 Å². The molecule has 0 saturated carbocycles. The van der Waals surface area contributed by atoms with Gasteiger partial charge in [-0.1, -0.05) is 6.07 Å². The zero-order valence-corrected chi connectivity index (χ0v) is 13.0. The fourth-order valence-corrected chi connectivity index (χ4v) is 2.56. The lowest BCUT2D eigenvalue weighted by atomic mass is 10.0. The van der Waals surface area contributed by atoms with E-state index in [9.17, 15) is 0 Å². The van der Waals surface area contributed by atoms with Crippen LogP contribution < -0.4 is 10.1 Å². The van der Waals surface area contributed by atoms with Gasteiger partial charge in [0.2, 0.25) is 0 Å². The molecule has 1 atom stereocenters. The third kappa shape index (κ3) is 3.19. The minimum absolute atomic E-state index is 0.0423. The van der Waals surface area contributed by atoms with E-state index in [2.05, 4.69) is 33.4 Å². The molecule has 0 spiro atoms. The lowest BCUT2D eigenvalue weighted by Gasteiger charge is -2.16. The van der Waals surface area contributed by atoms with Crippen molar-refractivity contribution in [2.45, 2.75) is 19.9 Å². The molecule has 1 aromatic carbocycles. The van der Waals surface area contributed by atoms with Crippen LogP contribution in [0.3, 0.4) is 0 Å². The molecule has 0 aliphatic rings. The van der Waals surface area contributed by atoms with Crippen LogP contribution in [-0.2, 0) is 0 Å². The zero-order chi connectivity index (χ0) is 13.8. The van der Waals surface area contributed by atoms with Gasteiger partial charge in [0.1, 0.15) is 17.3 Å². The van der Waals surface area contributed by atoms with E-state index in [1.807, 2.05) is 39.1 Å². The number of hydrogen-bond acceptors (Lipinski definition) is 3. The van der Waals surface area contributed by atoms with Crippen molar-refractivity contribution in [3.63, 3.8) is 0 Å². The molecule has 0 bridgehead atoms. The Bertz CT molecular complexity index is 551. The van der Waals surface area contributed by atoms with Gasteiger partial charge in [-0.25, -0.2) is 0 Å². The summed E-state index contributed by atoms with van der Waals surface area (Å²) >= 11 is 3.54. The summed E-state index contributed by atoms with van der Waals surface area (Å²) in [6.45, 7) is 4.58. The van der Waals surface area contributed by atoms with E-state index in [1.165, 1.54) is 0 Å². The van der Waals surface area contributed by atoms with Gasteiger partial charge in [0, 0.05) is 0 Å². The van der Waals surface area contributed by atoms with Crippen LogP contribution in [0.15, 0.2) is 39.2 Å². The number of nitrogens with one attached hydrogen (secondary N) is 1. The monoisotopic (exact) mass is 323 g/mol. The number of benzene rings is 1. The van der Waals surface area contributed by atoms with E-state index in [-0.39, 0.29) is 6.04 Å². The lowest BCUT2D eigenvalue weighted by molar-refractivity contribution is 0.338. The summed E-state index contributed by atoms with van der Waals surface area (Å²) in [5.74, 6) is 2.69.